The Hall–Kier alpha value is -3.85. The first-order chi connectivity index (χ1) is 16.3. The van der Waals surface area contributed by atoms with Crippen LogP contribution in [0.4, 0.5) is 18.9 Å². The number of hydroxylamine groups is 1. The van der Waals surface area contributed by atoms with Crippen LogP contribution in [-0.2, 0) is 21.0 Å². The van der Waals surface area contributed by atoms with Gasteiger partial charge in [-0.1, -0.05) is 60.7 Å². The van der Waals surface area contributed by atoms with Crippen LogP contribution >= 0.6 is 0 Å². The van der Waals surface area contributed by atoms with E-state index in [1.807, 2.05) is 36.4 Å². The van der Waals surface area contributed by atoms with E-state index in [1.165, 1.54) is 34.2 Å². The Bertz CT molecular complexity index is 1190. The van der Waals surface area contributed by atoms with Crippen molar-refractivity contribution in [3.63, 3.8) is 0 Å². The van der Waals surface area contributed by atoms with Gasteiger partial charge >= 0.3 is 6.36 Å². The van der Waals surface area contributed by atoms with E-state index >= 15 is 0 Å². The van der Waals surface area contributed by atoms with Gasteiger partial charge in [0.15, 0.2) is 6.10 Å². The second kappa shape index (κ2) is 8.49. The number of imide groups is 1. The van der Waals surface area contributed by atoms with E-state index < -0.39 is 36.2 Å². The van der Waals surface area contributed by atoms with Crippen LogP contribution in [0.2, 0.25) is 0 Å². The molecule has 2 aliphatic rings. The second-order valence-corrected chi connectivity index (χ2v) is 8.02. The number of anilines is 1. The number of carbonyl (C=O) groups excluding carboxylic acids is 2. The summed E-state index contributed by atoms with van der Waals surface area (Å²) in [6, 6.07) is 22.6. The molecule has 0 bridgehead atoms. The number of hydrogen-bond donors (Lipinski definition) is 0. The van der Waals surface area contributed by atoms with Crippen LogP contribution < -0.4 is 9.80 Å². The lowest BCUT2D eigenvalue weighted by molar-refractivity contribution is -0.274. The molecule has 0 radical (unpaired) electrons. The number of halogens is 3. The van der Waals surface area contributed by atoms with Crippen LogP contribution in [0.1, 0.15) is 17.2 Å². The molecule has 2 fully saturated rings. The van der Waals surface area contributed by atoms with Gasteiger partial charge in [0.05, 0.1) is 18.3 Å². The maximum atomic E-state index is 13.4. The summed E-state index contributed by atoms with van der Waals surface area (Å²) in [4.78, 5) is 33.8. The maximum absolute atomic E-state index is 13.4. The summed E-state index contributed by atoms with van der Waals surface area (Å²) in [6.07, 6.45) is -5.85. The fourth-order valence-corrected chi connectivity index (χ4v) is 4.40. The highest BCUT2D eigenvalue weighted by Gasteiger charge is 2.59. The zero-order valence-corrected chi connectivity index (χ0v) is 17.7. The van der Waals surface area contributed by atoms with Crippen molar-refractivity contribution in [2.75, 3.05) is 5.06 Å². The molecule has 2 aliphatic heterocycles. The summed E-state index contributed by atoms with van der Waals surface area (Å²) in [5, 5.41) is 1.49. The molecule has 0 N–H and O–H groups in total. The van der Waals surface area contributed by atoms with E-state index in [-0.39, 0.29) is 12.3 Å². The summed E-state index contributed by atoms with van der Waals surface area (Å²) >= 11 is 0. The molecule has 0 aromatic heterocycles. The van der Waals surface area contributed by atoms with Crippen molar-refractivity contribution < 1.29 is 32.3 Å². The average molecular weight is 468 g/mol. The number of ether oxygens (including phenoxy) is 1. The molecule has 2 heterocycles. The fourth-order valence-electron chi connectivity index (χ4n) is 4.40. The third kappa shape index (κ3) is 4.10. The van der Waals surface area contributed by atoms with Crippen molar-refractivity contribution in [2.45, 2.75) is 25.1 Å². The van der Waals surface area contributed by atoms with Crippen molar-refractivity contribution >= 4 is 17.5 Å². The van der Waals surface area contributed by atoms with Gasteiger partial charge in [-0.05, 0) is 35.4 Å². The Morgan fingerprint density at radius 1 is 0.824 bits per heavy atom. The van der Waals surface area contributed by atoms with Crippen LogP contribution in [0.3, 0.4) is 0 Å². The van der Waals surface area contributed by atoms with Crippen molar-refractivity contribution in [3.8, 4) is 5.75 Å². The van der Waals surface area contributed by atoms with Crippen LogP contribution in [-0.4, -0.2) is 29.2 Å². The van der Waals surface area contributed by atoms with Crippen molar-refractivity contribution in [2.24, 2.45) is 5.92 Å². The molecule has 9 heteroatoms. The minimum absolute atomic E-state index is 0.116. The topological polar surface area (TPSA) is 59.1 Å². The molecule has 2 amide bonds. The molecule has 0 aliphatic carbocycles. The Balaban J connectivity index is 1.49. The van der Waals surface area contributed by atoms with Crippen LogP contribution in [0, 0.1) is 5.92 Å². The van der Waals surface area contributed by atoms with Crippen molar-refractivity contribution in [1.29, 1.82) is 0 Å². The minimum Gasteiger partial charge on any atom is -0.406 e. The van der Waals surface area contributed by atoms with Gasteiger partial charge in [-0.15, -0.1) is 13.2 Å². The summed E-state index contributed by atoms with van der Waals surface area (Å²) < 4.78 is 41.7. The predicted octanol–water partition coefficient (Wildman–Crippen LogP) is 4.63. The Morgan fingerprint density at radius 3 is 2.06 bits per heavy atom. The van der Waals surface area contributed by atoms with E-state index in [0.717, 1.165) is 5.56 Å². The third-order valence-electron chi connectivity index (χ3n) is 5.86. The molecule has 3 aromatic rings. The van der Waals surface area contributed by atoms with E-state index in [0.29, 0.717) is 11.3 Å². The zero-order valence-electron chi connectivity index (χ0n) is 17.7. The first-order valence-corrected chi connectivity index (χ1v) is 10.6. The number of benzene rings is 3. The zero-order chi connectivity index (χ0) is 23.9. The molecule has 3 atom stereocenters. The van der Waals surface area contributed by atoms with Crippen LogP contribution in [0.15, 0.2) is 84.9 Å². The monoisotopic (exact) mass is 468 g/mol. The molecule has 174 valence electrons. The van der Waals surface area contributed by atoms with Gasteiger partial charge in [0, 0.05) is 0 Å². The van der Waals surface area contributed by atoms with Crippen LogP contribution in [0.25, 0.3) is 0 Å². The number of rotatable bonds is 5. The van der Waals surface area contributed by atoms with Gasteiger partial charge in [-0.2, -0.15) is 0 Å². The first-order valence-electron chi connectivity index (χ1n) is 10.6. The molecule has 3 aromatic carbocycles. The average Bonchev–Trinajstić information content (AvgIpc) is 3.32. The smallest absolute Gasteiger partial charge is 0.406 e. The molecule has 2 saturated heterocycles. The summed E-state index contributed by atoms with van der Waals surface area (Å²) in [5.41, 5.74) is 1.94. The van der Waals surface area contributed by atoms with Crippen molar-refractivity contribution in [1.82, 2.24) is 4.90 Å². The molecular formula is C25H19F3N2O4. The van der Waals surface area contributed by atoms with Gasteiger partial charge in [0.1, 0.15) is 11.7 Å². The van der Waals surface area contributed by atoms with E-state index in [9.17, 15) is 22.8 Å². The minimum atomic E-state index is -4.81. The summed E-state index contributed by atoms with van der Waals surface area (Å²) in [5.74, 6) is -2.07. The normalized spacial score (nSPS) is 22.3. The largest absolute Gasteiger partial charge is 0.573 e. The molecule has 0 saturated carbocycles. The van der Waals surface area contributed by atoms with Gasteiger partial charge < -0.3 is 4.74 Å². The van der Waals surface area contributed by atoms with Gasteiger partial charge in [0.2, 0.25) is 5.91 Å². The number of carbonyl (C=O) groups is 2. The number of para-hydroxylation sites is 1. The number of amides is 2. The fraction of sp³-hybridized carbons (Fsp3) is 0.200. The van der Waals surface area contributed by atoms with E-state index in [2.05, 4.69) is 4.74 Å². The number of fused-ring (bicyclic) bond motifs is 1. The lowest BCUT2D eigenvalue weighted by atomic mass is 9.90. The number of alkyl halides is 3. The molecule has 5 rings (SSSR count). The second-order valence-electron chi connectivity index (χ2n) is 8.02. The predicted molar refractivity (Wildman–Crippen MR) is 115 cm³/mol. The summed E-state index contributed by atoms with van der Waals surface area (Å²) in [6.45, 7) is 0.116. The highest BCUT2D eigenvalue weighted by molar-refractivity contribution is 6.07. The number of hydrogen-bond acceptors (Lipinski definition) is 5. The van der Waals surface area contributed by atoms with E-state index in [1.54, 1.807) is 24.3 Å². The SMILES string of the molecule is O=C1C2ON(c3ccccc3)C(c3ccc(OC(F)(F)F)cc3)C2C(=O)N1Cc1ccccc1. The Labute approximate surface area is 193 Å². The molecule has 6 nitrogen and oxygen atoms in total. The Kier molecular flexibility index (Phi) is 5.49. The Morgan fingerprint density at radius 2 is 1.44 bits per heavy atom. The number of likely N-dealkylation sites (tertiary alicyclic amines) is 1. The maximum Gasteiger partial charge on any atom is 0.573 e. The van der Waals surface area contributed by atoms with Crippen LogP contribution in [0.5, 0.6) is 5.75 Å². The highest BCUT2D eigenvalue weighted by atomic mass is 19.4. The highest BCUT2D eigenvalue weighted by Crippen LogP contribution is 2.47. The summed E-state index contributed by atoms with van der Waals surface area (Å²) in [7, 11) is 0. The van der Waals surface area contributed by atoms with Crippen molar-refractivity contribution in [3.05, 3.63) is 96.1 Å². The lowest BCUT2D eigenvalue weighted by Crippen LogP contribution is -2.36. The number of nitrogens with zero attached hydrogens (tertiary/aromatic N) is 2. The van der Waals surface area contributed by atoms with Gasteiger partial charge in [0.25, 0.3) is 5.91 Å². The lowest BCUT2D eigenvalue weighted by Gasteiger charge is -2.29. The van der Waals surface area contributed by atoms with Gasteiger partial charge in [-0.25, -0.2) is 5.06 Å². The quantitative estimate of drug-likeness (QED) is 0.511. The first kappa shape index (κ1) is 22.0. The van der Waals surface area contributed by atoms with Gasteiger partial charge in [-0.3, -0.25) is 19.3 Å². The third-order valence-corrected chi connectivity index (χ3v) is 5.86. The molecule has 3 unspecified atom stereocenters. The molecule has 0 spiro atoms. The standard InChI is InChI=1S/C25H19F3N2O4/c26-25(27,28)33-19-13-11-17(12-14-19)21-20-22(34-30(21)18-9-5-2-6-10-18)24(32)29(23(20)31)15-16-7-3-1-4-8-16/h1-14,20-22H,15H2. The molecular weight excluding hydrogens is 449 g/mol. The molecule has 34 heavy (non-hydrogen) atoms. The van der Waals surface area contributed by atoms with E-state index in [4.69, 9.17) is 4.84 Å².